The van der Waals surface area contributed by atoms with Gasteiger partial charge in [0, 0.05) is 23.4 Å². The third-order valence-corrected chi connectivity index (χ3v) is 4.22. The van der Waals surface area contributed by atoms with E-state index in [1.165, 1.54) is 17.0 Å². The van der Waals surface area contributed by atoms with Crippen molar-refractivity contribution in [3.63, 3.8) is 0 Å². The maximum atomic E-state index is 12.3. The zero-order valence-corrected chi connectivity index (χ0v) is 15.8. The second-order valence-corrected chi connectivity index (χ2v) is 6.64. The van der Waals surface area contributed by atoms with Crippen molar-refractivity contribution in [2.75, 3.05) is 5.32 Å². The van der Waals surface area contributed by atoms with Gasteiger partial charge >= 0.3 is 0 Å². The molecule has 0 saturated carbocycles. The minimum absolute atomic E-state index is 0.322. The molecule has 0 radical (unpaired) electrons. The fraction of sp³-hybridized carbons (Fsp3) is 0.0556. The molecule has 2 aromatic heterocycles. The van der Waals surface area contributed by atoms with Crippen molar-refractivity contribution in [3.8, 4) is 5.82 Å². The summed E-state index contributed by atoms with van der Waals surface area (Å²) in [5.74, 6) is 0.471. The number of amides is 1. The second kappa shape index (κ2) is 7.91. The Hall–Kier alpha value is -2.34. The number of nitrogens with one attached hydrogen (secondary N) is 1. The van der Waals surface area contributed by atoms with Gasteiger partial charge in [-0.1, -0.05) is 53.0 Å². The van der Waals surface area contributed by atoms with E-state index in [9.17, 15) is 4.79 Å². The van der Waals surface area contributed by atoms with E-state index in [-0.39, 0.29) is 5.91 Å². The zero-order valence-electron chi connectivity index (χ0n) is 13.6. The highest BCUT2D eigenvalue weighted by Crippen LogP contribution is 2.25. The Morgan fingerprint density at radius 1 is 1.15 bits per heavy atom. The third kappa shape index (κ3) is 4.25. The Morgan fingerprint density at radius 2 is 1.92 bits per heavy atom. The van der Waals surface area contributed by atoms with Crippen LogP contribution in [0, 0.1) is 6.92 Å². The number of halogens is 3. The first-order valence-corrected chi connectivity index (χ1v) is 8.69. The average Bonchev–Trinajstić information content (AvgIpc) is 2.94. The summed E-state index contributed by atoms with van der Waals surface area (Å²) in [5.41, 5.74) is 1.44. The van der Waals surface area contributed by atoms with Crippen molar-refractivity contribution in [1.29, 1.82) is 0 Å². The van der Waals surface area contributed by atoms with E-state index in [1.54, 1.807) is 31.2 Å². The van der Waals surface area contributed by atoms with E-state index in [0.717, 1.165) is 5.56 Å². The predicted octanol–water partition coefficient (Wildman–Crippen LogP) is 5.19. The quantitative estimate of drug-likeness (QED) is 0.606. The maximum Gasteiger partial charge on any atom is 0.249 e. The van der Waals surface area contributed by atoms with Crippen molar-refractivity contribution >= 4 is 52.6 Å². The summed E-state index contributed by atoms with van der Waals surface area (Å²) in [5, 5.41) is 8.38. The lowest BCUT2D eigenvalue weighted by atomic mass is 10.2. The highest BCUT2D eigenvalue weighted by atomic mass is 35.5. The van der Waals surface area contributed by atoms with Gasteiger partial charge in [0.25, 0.3) is 0 Å². The van der Waals surface area contributed by atoms with Gasteiger partial charge in [-0.05, 0) is 30.7 Å². The molecule has 2 heterocycles. The van der Waals surface area contributed by atoms with Gasteiger partial charge in [-0.25, -0.2) is 4.98 Å². The van der Waals surface area contributed by atoms with Gasteiger partial charge in [-0.3, -0.25) is 4.79 Å². The normalized spacial score (nSPS) is 11.1. The third-order valence-electron chi connectivity index (χ3n) is 3.39. The predicted molar refractivity (Wildman–Crippen MR) is 105 cm³/mol. The molecule has 0 saturated heterocycles. The molecule has 0 aliphatic rings. The van der Waals surface area contributed by atoms with Gasteiger partial charge in [-0.2, -0.15) is 9.78 Å². The van der Waals surface area contributed by atoms with Crippen molar-refractivity contribution in [2.24, 2.45) is 0 Å². The molecule has 0 aliphatic carbocycles. The van der Waals surface area contributed by atoms with Crippen molar-refractivity contribution in [1.82, 2.24) is 14.8 Å². The molecular weight excluding hydrogens is 395 g/mol. The number of benzene rings is 1. The molecule has 8 heteroatoms. The number of nitrogens with zero attached hydrogens (tertiary/aromatic N) is 3. The molecule has 3 aromatic rings. The fourth-order valence-corrected chi connectivity index (χ4v) is 2.92. The molecule has 26 heavy (non-hydrogen) atoms. The van der Waals surface area contributed by atoms with Gasteiger partial charge in [0.2, 0.25) is 5.91 Å². The summed E-state index contributed by atoms with van der Waals surface area (Å²) in [6.45, 7) is 1.80. The Bertz CT molecular complexity index is 998. The van der Waals surface area contributed by atoms with Crippen molar-refractivity contribution in [3.05, 3.63) is 75.0 Å². The van der Waals surface area contributed by atoms with E-state index in [0.29, 0.717) is 32.4 Å². The number of carbonyl (C=O) groups excluding carboxylic acids is 1. The minimum atomic E-state index is -0.337. The van der Waals surface area contributed by atoms with Crippen molar-refractivity contribution in [2.45, 2.75) is 6.92 Å². The number of pyridine rings is 1. The molecule has 0 aliphatic heterocycles. The van der Waals surface area contributed by atoms with Crippen LogP contribution >= 0.6 is 34.8 Å². The summed E-state index contributed by atoms with van der Waals surface area (Å²) in [7, 11) is 0. The molecule has 0 bridgehead atoms. The SMILES string of the molecule is Cc1cc(NC(=O)C=Cc2ccccc2Cl)n(-c2ncc(Cl)cc2Cl)n1. The van der Waals surface area contributed by atoms with E-state index >= 15 is 0 Å². The van der Waals surface area contributed by atoms with Crippen LogP contribution in [0.2, 0.25) is 15.1 Å². The first-order valence-electron chi connectivity index (χ1n) is 7.56. The van der Waals surface area contributed by atoms with E-state index in [1.807, 2.05) is 18.2 Å². The number of aryl methyl sites for hydroxylation is 1. The highest BCUT2D eigenvalue weighted by Gasteiger charge is 2.14. The molecule has 0 fully saturated rings. The van der Waals surface area contributed by atoms with Gasteiger partial charge < -0.3 is 5.32 Å². The van der Waals surface area contributed by atoms with Crippen LogP contribution in [0.5, 0.6) is 0 Å². The summed E-state index contributed by atoms with van der Waals surface area (Å²) < 4.78 is 1.45. The lowest BCUT2D eigenvalue weighted by Crippen LogP contribution is -2.13. The Morgan fingerprint density at radius 3 is 2.65 bits per heavy atom. The minimum Gasteiger partial charge on any atom is -0.307 e. The summed E-state index contributed by atoms with van der Waals surface area (Å²) in [6.07, 6.45) is 4.49. The van der Waals surface area contributed by atoms with Crippen molar-refractivity contribution < 1.29 is 4.79 Å². The number of carbonyl (C=O) groups is 1. The van der Waals surface area contributed by atoms with Crippen LogP contribution in [-0.2, 0) is 4.79 Å². The molecule has 3 rings (SSSR count). The largest absolute Gasteiger partial charge is 0.307 e. The monoisotopic (exact) mass is 406 g/mol. The van der Waals surface area contributed by atoms with Crippen LogP contribution < -0.4 is 5.32 Å². The van der Waals surface area contributed by atoms with Crippen LogP contribution in [0.15, 0.2) is 48.7 Å². The first kappa shape index (κ1) is 18.5. The summed E-state index contributed by atoms with van der Waals surface area (Å²) >= 11 is 18.1. The molecule has 0 atom stereocenters. The molecular formula is C18H13Cl3N4O. The van der Waals surface area contributed by atoms with Gasteiger partial charge in [0.15, 0.2) is 5.82 Å². The summed E-state index contributed by atoms with van der Waals surface area (Å²) in [6, 6.07) is 10.5. The van der Waals surface area contributed by atoms with Crippen LogP contribution in [0.1, 0.15) is 11.3 Å². The van der Waals surface area contributed by atoms with E-state index in [4.69, 9.17) is 34.8 Å². The van der Waals surface area contributed by atoms with Gasteiger partial charge in [0.05, 0.1) is 15.7 Å². The number of anilines is 1. The fourth-order valence-electron chi connectivity index (χ4n) is 2.26. The highest BCUT2D eigenvalue weighted by molar-refractivity contribution is 6.35. The zero-order chi connectivity index (χ0) is 18.7. The lowest BCUT2D eigenvalue weighted by molar-refractivity contribution is -0.111. The van der Waals surface area contributed by atoms with Crippen LogP contribution in [0.4, 0.5) is 5.82 Å². The van der Waals surface area contributed by atoms with E-state index in [2.05, 4.69) is 15.4 Å². The first-order chi connectivity index (χ1) is 12.4. The number of aromatic nitrogens is 3. The standard InChI is InChI=1S/C18H13Cl3N4O/c1-11-8-16(25(24-11)18-15(21)9-13(19)10-22-18)23-17(26)7-6-12-4-2-3-5-14(12)20/h2-10H,1H3,(H,23,26). The second-order valence-electron chi connectivity index (χ2n) is 5.39. The molecule has 1 amide bonds. The Balaban J connectivity index is 1.84. The summed E-state index contributed by atoms with van der Waals surface area (Å²) in [4.78, 5) is 16.5. The lowest BCUT2D eigenvalue weighted by Gasteiger charge is -2.08. The molecule has 1 aromatic carbocycles. The van der Waals surface area contributed by atoms with Crippen LogP contribution in [0.3, 0.4) is 0 Å². The molecule has 1 N–H and O–H groups in total. The smallest absolute Gasteiger partial charge is 0.249 e. The molecule has 5 nitrogen and oxygen atoms in total. The molecule has 0 spiro atoms. The Kier molecular flexibility index (Phi) is 5.61. The number of hydrogen-bond acceptors (Lipinski definition) is 3. The molecule has 132 valence electrons. The number of hydrogen-bond donors (Lipinski definition) is 1. The van der Waals surface area contributed by atoms with Crippen LogP contribution in [-0.4, -0.2) is 20.7 Å². The van der Waals surface area contributed by atoms with E-state index < -0.39 is 0 Å². The average molecular weight is 408 g/mol. The van der Waals surface area contributed by atoms with Gasteiger partial charge in [0.1, 0.15) is 5.82 Å². The number of rotatable bonds is 4. The maximum absolute atomic E-state index is 12.3. The molecule has 0 unspecified atom stereocenters. The van der Waals surface area contributed by atoms with Crippen LogP contribution in [0.25, 0.3) is 11.9 Å². The topological polar surface area (TPSA) is 59.8 Å². The van der Waals surface area contributed by atoms with Gasteiger partial charge in [-0.15, -0.1) is 0 Å². The Labute approximate surface area is 165 Å².